The lowest BCUT2D eigenvalue weighted by atomic mass is 10.2. The number of hydrogen-bond donors (Lipinski definition) is 1. The number of nitrogens with zero attached hydrogens (tertiary/aromatic N) is 2. The molecule has 1 aromatic heterocycles. The van der Waals surface area contributed by atoms with Crippen LogP contribution in [0.15, 0.2) is 47.1 Å². The Balaban J connectivity index is 1.42. The van der Waals surface area contributed by atoms with Gasteiger partial charge in [-0.2, -0.15) is 0 Å². The summed E-state index contributed by atoms with van der Waals surface area (Å²) >= 11 is 0. The van der Waals surface area contributed by atoms with Crippen molar-refractivity contribution in [3.8, 4) is 5.75 Å². The average molecular weight is 329 g/mol. The predicted molar refractivity (Wildman–Crippen MR) is 92.0 cm³/mol. The predicted octanol–water partition coefficient (Wildman–Crippen LogP) is 2.04. The number of piperazine rings is 1. The number of ether oxygens (including phenoxy) is 1. The Labute approximate surface area is 142 Å². The zero-order chi connectivity index (χ0) is 16.8. The summed E-state index contributed by atoms with van der Waals surface area (Å²) in [5.41, 5.74) is 0.760. The molecule has 2 heterocycles. The normalized spacial score (nSPS) is 16.0. The van der Waals surface area contributed by atoms with E-state index in [0.717, 1.165) is 49.9 Å². The van der Waals surface area contributed by atoms with E-state index in [-0.39, 0.29) is 5.91 Å². The first kappa shape index (κ1) is 16.5. The molecule has 0 unspecified atom stereocenters. The zero-order valence-electron chi connectivity index (χ0n) is 13.9. The second kappa shape index (κ2) is 7.99. The van der Waals surface area contributed by atoms with Crippen molar-refractivity contribution in [3.05, 3.63) is 48.4 Å². The Morgan fingerprint density at radius 3 is 2.67 bits per heavy atom. The highest BCUT2D eigenvalue weighted by atomic mass is 16.5. The van der Waals surface area contributed by atoms with Crippen LogP contribution in [0.3, 0.4) is 0 Å². The molecule has 6 nitrogen and oxygen atoms in total. The van der Waals surface area contributed by atoms with Gasteiger partial charge in [-0.3, -0.25) is 14.6 Å². The third-order valence-electron chi connectivity index (χ3n) is 4.15. The first-order chi connectivity index (χ1) is 11.7. The standard InChI is InChI=1S/C18H23N3O3/c1-23-16-5-2-4-15(12-16)19-18(22)14-21-9-7-20(8-10-21)13-17-6-3-11-24-17/h2-6,11-12H,7-10,13-14H2,1H3,(H,19,22). The summed E-state index contributed by atoms with van der Waals surface area (Å²) in [5, 5.41) is 2.92. The molecular weight excluding hydrogens is 306 g/mol. The van der Waals surface area contributed by atoms with Crippen LogP contribution in [0.5, 0.6) is 5.75 Å². The fourth-order valence-corrected chi connectivity index (χ4v) is 2.83. The van der Waals surface area contributed by atoms with Gasteiger partial charge in [0.15, 0.2) is 0 Å². The number of furan rings is 1. The molecule has 0 radical (unpaired) electrons. The molecule has 1 amide bonds. The van der Waals surface area contributed by atoms with E-state index in [0.29, 0.717) is 6.54 Å². The first-order valence-corrected chi connectivity index (χ1v) is 8.14. The smallest absolute Gasteiger partial charge is 0.238 e. The molecule has 1 saturated heterocycles. The molecule has 6 heteroatoms. The van der Waals surface area contributed by atoms with Crippen LogP contribution in [0, 0.1) is 0 Å². The van der Waals surface area contributed by atoms with Gasteiger partial charge in [-0.1, -0.05) is 6.07 Å². The summed E-state index contributed by atoms with van der Waals surface area (Å²) in [4.78, 5) is 16.7. The average Bonchev–Trinajstić information content (AvgIpc) is 3.10. The lowest BCUT2D eigenvalue weighted by Crippen LogP contribution is -2.48. The highest BCUT2D eigenvalue weighted by Gasteiger charge is 2.19. The number of nitrogens with one attached hydrogen (secondary N) is 1. The number of hydrogen-bond acceptors (Lipinski definition) is 5. The number of anilines is 1. The SMILES string of the molecule is COc1cccc(NC(=O)CN2CCN(Cc3ccco3)CC2)c1. The van der Waals surface area contributed by atoms with Crippen molar-refractivity contribution in [2.24, 2.45) is 0 Å². The van der Waals surface area contributed by atoms with Gasteiger partial charge in [-0.25, -0.2) is 0 Å². The van der Waals surface area contributed by atoms with Crippen LogP contribution in [-0.4, -0.2) is 55.5 Å². The Morgan fingerprint density at radius 1 is 1.17 bits per heavy atom. The van der Waals surface area contributed by atoms with Crippen molar-refractivity contribution < 1.29 is 13.9 Å². The summed E-state index contributed by atoms with van der Waals surface area (Å²) in [6.07, 6.45) is 1.70. The highest BCUT2D eigenvalue weighted by Crippen LogP contribution is 2.16. The molecule has 0 aliphatic carbocycles. The Bertz CT molecular complexity index is 649. The summed E-state index contributed by atoms with van der Waals surface area (Å²) in [7, 11) is 1.61. The summed E-state index contributed by atoms with van der Waals surface area (Å²) < 4.78 is 10.5. The van der Waals surface area contributed by atoms with Gasteiger partial charge in [-0.05, 0) is 24.3 Å². The maximum atomic E-state index is 12.2. The third kappa shape index (κ3) is 4.59. The van der Waals surface area contributed by atoms with Gasteiger partial charge < -0.3 is 14.5 Å². The molecular formula is C18H23N3O3. The number of amides is 1. The molecule has 2 aromatic rings. The largest absolute Gasteiger partial charge is 0.497 e. The molecule has 0 spiro atoms. The number of carbonyl (C=O) groups excluding carboxylic acids is 1. The van der Waals surface area contributed by atoms with E-state index in [4.69, 9.17) is 9.15 Å². The second-order valence-electron chi connectivity index (χ2n) is 5.91. The van der Waals surface area contributed by atoms with Crippen LogP contribution in [0.1, 0.15) is 5.76 Å². The number of carbonyl (C=O) groups is 1. The molecule has 1 fully saturated rings. The van der Waals surface area contributed by atoms with Gasteiger partial charge in [0.1, 0.15) is 11.5 Å². The van der Waals surface area contributed by atoms with Crippen LogP contribution in [0.2, 0.25) is 0 Å². The fourth-order valence-electron chi connectivity index (χ4n) is 2.83. The van der Waals surface area contributed by atoms with Crippen molar-refractivity contribution in [1.29, 1.82) is 0 Å². The highest BCUT2D eigenvalue weighted by molar-refractivity contribution is 5.92. The Hall–Kier alpha value is -2.31. The van der Waals surface area contributed by atoms with Crippen LogP contribution in [0.4, 0.5) is 5.69 Å². The summed E-state index contributed by atoms with van der Waals surface area (Å²) in [6, 6.07) is 11.3. The van der Waals surface area contributed by atoms with Crippen LogP contribution in [0.25, 0.3) is 0 Å². The van der Waals surface area contributed by atoms with Crippen molar-refractivity contribution in [1.82, 2.24) is 9.80 Å². The third-order valence-corrected chi connectivity index (χ3v) is 4.15. The number of methoxy groups -OCH3 is 1. The molecule has 24 heavy (non-hydrogen) atoms. The van der Waals surface area contributed by atoms with Crippen LogP contribution < -0.4 is 10.1 Å². The van der Waals surface area contributed by atoms with Gasteiger partial charge in [-0.15, -0.1) is 0 Å². The van der Waals surface area contributed by atoms with Gasteiger partial charge >= 0.3 is 0 Å². The molecule has 1 aliphatic rings. The second-order valence-corrected chi connectivity index (χ2v) is 5.91. The van der Waals surface area contributed by atoms with Gasteiger partial charge in [0, 0.05) is 37.9 Å². The Morgan fingerprint density at radius 2 is 1.96 bits per heavy atom. The minimum atomic E-state index is 0.00253. The Kier molecular flexibility index (Phi) is 5.51. The van der Waals surface area contributed by atoms with Gasteiger partial charge in [0.05, 0.1) is 26.5 Å². The van der Waals surface area contributed by atoms with E-state index >= 15 is 0 Å². The van der Waals surface area contributed by atoms with E-state index in [9.17, 15) is 4.79 Å². The molecule has 1 aliphatic heterocycles. The molecule has 128 valence electrons. The quantitative estimate of drug-likeness (QED) is 0.879. The minimum Gasteiger partial charge on any atom is -0.497 e. The molecule has 1 aromatic carbocycles. The molecule has 0 atom stereocenters. The van der Waals surface area contributed by atoms with E-state index in [2.05, 4.69) is 15.1 Å². The maximum Gasteiger partial charge on any atom is 0.238 e. The van der Waals surface area contributed by atoms with E-state index < -0.39 is 0 Å². The molecule has 3 rings (SSSR count). The van der Waals surface area contributed by atoms with Crippen molar-refractivity contribution in [2.45, 2.75) is 6.54 Å². The monoisotopic (exact) mass is 329 g/mol. The number of benzene rings is 1. The molecule has 0 bridgehead atoms. The summed E-state index contributed by atoms with van der Waals surface area (Å²) in [5.74, 6) is 1.72. The molecule has 0 saturated carbocycles. The van der Waals surface area contributed by atoms with Crippen molar-refractivity contribution >= 4 is 11.6 Å². The fraction of sp³-hybridized carbons (Fsp3) is 0.389. The van der Waals surface area contributed by atoms with Crippen LogP contribution >= 0.6 is 0 Å². The first-order valence-electron chi connectivity index (χ1n) is 8.14. The molecule has 1 N–H and O–H groups in total. The summed E-state index contributed by atoms with van der Waals surface area (Å²) in [6.45, 7) is 4.88. The van der Waals surface area contributed by atoms with E-state index in [1.165, 1.54) is 0 Å². The lowest BCUT2D eigenvalue weighted by Gasteiger charge is -2.33. The minimum absolute atomic E-state index is 0.00253. The van der Waals surface area contributed by atoms with Gasteiger partial charge in [0.2, 0.25) is 5.91 Å². The topological polar surface area (TPSA) is 58.0 Å². The zero-order valence-corrected chi connectivity index (χ0v) is 13.9. The van der Waals surface area contributed by atoms with E-state index in [1.54, 1.807) is 13.4 Å². The maximum absolute atomic E-state index is 12.2. The number of rotatable bonds is 6. The van der Waals surface area contributed by atoms with Gasteiger partial charge in [0.25, 0.3) is 0 Å². The van der Waals surface area contributed by atoms with Crippen molar-refractivity contribution in [2.75, 3.05) is 45.2 Å². The van der Waals surface area contributed by atoms with Crippen molar-refractivity contribution in [3.63, 3.8) is 0 Å². The lowest BCUT2D eigenvalue weighted by molar-refractivity contribution is -0.117. The van der Waals surface area contributed by atoms with Crippen LogP contribution in [-0.2, 0) is 11.3 Å². The van der Waals surface area contributed by atoms with E-state index in [1.807, 2.05) is 36.4 Å².